The van der Waals surface area contributed by atoms with E-state index in [9.17, 15) is 9.18 Å². The summed E-state index contributed by atoms with van der Waals surface area (Å²) in [5.41, 5.74) is 2.01. The Morgan fingerprint density at radius 3 is 2.82 bits per heavy atom. The molecule has 28 heavy (non-hydrogen) atoms. The Kier molecular flexibility index (Phi) is 6.16. The number of nitrogens with zero attached hydrogens (tertiary/aromatic N) is 1. The minimum Gasteiger partial charge on any atom is -0.492 e. The van der Waals surface area contributed by atoms with Gasteiger partial charge in [0.15, 0.2) is 17.3 Å². The van der Waals surface area contributed by atoms with E-state index in [0.717, 1.165) is 5.56 Å². The summed E-state index contributed by atoms with van der Waals surface area (Å²) in [6, 6.07) is 4.68. The number of H-pyrrole nitrogens is 1. The number of aromatic amines is 1. The van der Waals surface area contributed by atoms with Crippen molar-refractivity contribution in [3.8, 4) is 17.0 Å². The van der Waals surface area contributed by atoms with E-state index in [2.05, 4.69) is 9.97 Å². The van der Waals surface area contributed by atoms with E-state index in [0.29, 0.717) is 24.1 Å². The maximum absolute atomic E-state index is 14.9. The van der Waals surface area contributed by atoms with Gasteiger partial charge in [0, 0.05) is 23.8 Å². The van der Waals surface area contributed by atoms with Gasteiger partial charge in [-0.3, -0.25) is 0 Å². The molecule has 0 fully saturated rings. The number of ether oxygens (including phenoxy) is 3. The van der Waals surface area contributed by atoms with E-state index in [1.807, 2.05) is 13.8 Å². The van der Waals surface area contributed by atoms with Crippen LogP contribution in [0.25, 0.3) is 22.2 Å². The minimum absolute atomic E-state index is 0.0791. The predicted octanol–water partition coefficient (Wildman–Crippen LogP) is 4.53. The molecule has 0 spiro atoms. The zero-order valence-electron chi connectivity index (χ0n) is 15.8. The molecule has 0 aliphatic carbocycles. The summed E-state index contributed by atoms with van der Waals surface area (Å²) in [5.74, 6) is -1.33. The molecule has 0 saturated heterocycles. The summed E-state index contributed by atoms with van der Waals surface area (Å²) in [5, 5.41) is 0.780. The van der Waals surface area contributed by atoms with Gasteiger partial charge in [-0.25, -0.2) is 14.2 Å². The van der Waals surface area contributed by atoms with Gasteiger partial charge in [-0.1, -0.05) is 11.6 Å². The molecule has 0 saturated carbocycles. The van der Waals surface area contributed by atoms with Gasteiger partial charge in [0.1, 0.15) is 6.61 Å². The molecule has 6 nitrogen and oxygen atoms in total. The topological polar surface area (TPSA) is 73.4 Å². The lowest BCUT2D eigenvalue weighted by Crippen LogP contribution is -2.13. The number of pyridine rings is 1. The molecule has 3 rings (SSSR count). The van der Waals surface area contributed by atoms with Crippen LogP contribution >= 0.6 is 11.6 Å². The standard InChI is InChI=1S/C20H20ClFN2O4/c1-4-27-7-8-28-20(25)18-16-11(2)10-23-15(16)9-14(24-18)12-5-6-13(21)19(26-3)17(12)22/h5-6,9-10,23H,4,7-8H2,1-3H3. The third-order valence-electron chi connectivity index (χ3n) is 4.25. The number of aryl methyl sites for hydroxylation is 1. The monoisotopic (exact) mass is 406 g/mol. The van der Waals surface area contributed by atoms with Crippen molar-refractivity contribution in [2.75, 3.05) is 26.9 Å². The van der Waals surface area contributed by atoms with E-state index in [-0.39, 0.29) is 34.3 Å². The minimum atomic E-state index is -0.652. The Bertz CT molecular complexity index is 1020. The van der Waals surface area contributed by atoms with E-state index >= 15 is 0 Å². The number of methoxy groups -OCH3 is 1. The molecule has 2 aromatic heterocycles. The second-order valence-electron chi connectivity index (χ2n) is 6.03. The van der Waals surface area contributed by atoms with Crippen molar-refractivity contribution < 1.29 is 23.4 Å². The molecule has 0 bridgehead atoms. The average molecular weight is 407 g/mol. The number of halogens is 2. The van der Waals surface area contributed by atoms with Crippen LogP contribution in [0.4, 0.5) is 4.39 Å². The lowest BCUT2D eigenvalue weighted by atomic mass is 10.1. The molecule has 3 aromatic rings. The number of aromatic nitrogens is 2. The van der Waals surface area contributed by atoms with Gasteiger partial charge in [0.05, 0.1) is 29.9 Å². The van der Waals surface area contributed by atoms with Gasteiger partial charge >= 0.3 is 5.97 Å². The van der Waals surface area contributed by atoms with Crippen molar-refractivity contribution in [3.63, 3.8) is 0 Å². The van der Waals surface area contributed by atoms with Gasteiger partial charge < -0.3 is 19.2 Å². The van der Waals surface area contributed by atoms with Crippen LogP contribution in [0.2, 0.25) is 5.02 Å². The van der Waals surface area contributed by atoms with Crippen molar-refractivity contribution in [1.82, 2.24) is 9.97 Å². The van der Waals surface area contributed by atoms with Crippen LogP contribution in [-0.4, -0.2) is 42.9 Å². The molecular weight excluding hydrogens is 387 g/mol. The normalized spacial score (nSPS) is 11.0. The molecule has 0 aliphatic rings. The van der Waals surface area contributed by atoms with E-state index in [1.165, 1.54) is 19.2 Å². The Balaban J connectivity index is 2.08. The number of carbonyl (C=O) groups excluding carboxylic acids is 1. The first-order valence-electron chi connectivity index (χ1n) is 8.73. The predicted molar refractivity (Wildman–Crippen MR) is 105 cm³/mol. The molecule has 0 unspecified atom stereocenters. The van der Waals surface area contributed by atoms with Crippen molar-refractivity contribution in [2.45, 2.75) is 13.8 Å². The van der Waals surface area contributed by atoms with Crippen molar-refractivity contribution in [1.29, 1.82) is 0 Å². The molecule has 1 N–H and O–H groups in total. The molecule has 0 radical (unpaired) electrons. The van der Waals surface area contributed by atoms with Gasteiger partial charge in [-0.15, -0.1) is 0 Å². The first-order valence-corrected chi connectivity index (χ1v) is 9.11. The zero-order chi connectivity index (χ0) is 20.3. The number of rotatable bonds is 7. The Labute approximate surface area is 166 Å². The largest absolute Gasteiger partial charge is 0.492 e. The highest BCUT2D eigenvalue weighted by Gasteiger charge is 2.21. The maximum Gasteiger partial charge on any atom is 0.357 e. The highest BCUT2D eigenvalue weighted by Crippen LogP contribution is 2.35. The van der Waals surface area contributed by atoms with Gasteiger partial charge in [0.2, 0.25) is 0 Å². The molecule has 8 heteroatoms. The lowest BCUT2D eigenvalue weighted by Gasteiger charge is -2.11. The SMILES string of the molecule is CCOCCOC(=O)c1nc(-c2ccc(Cl)c(OC)c2F)cc2[nH]cc(C)c12. The highest BCUT2D eigenvalue weighted by atomic mass is 35.5. The molecule has 0 atom stereocenters. The van der Waals surface area contributed by atoms with Crippen LogP contribution in [0.3, 0.4) is 0 Å². The highest BCUT2D eigenvalue weighted by molar-refractivity contribution is 6.32. The molecule has 2 heterocycles. The molecular formula is C20H20ClFN2O4. The fourth-order valence-corrected chi connectivity index (χ4v) is 3.15. The van der Waals surface area contributed by atoms with Gasteiger partial charge in [0.25, 0.3) is 0 Å². The summed E-state index contributed by atoms with van der Waals surface area (Å²) in [7, 11) is 1.33. The molecule has 0 amide bonds. The number of benzene rings is 1. The van der Waals surface area contributed by atoms with Crippen LogP contribution in [-0.2, 0) is 9.47 Å². The quantitative estimate of drug-likeness (QED) is 0.461. The summed E-state index contributed by atoms with van der Waals surface area (Å²) >= 11 is 5.97. The van der Waals surface area contributed by atoms with Crippen molar-refractivity contribution in [2.24, 2.45) is 0 Å². The molecule has 1 aromatic carbocycles. The number of fused-ring (bicyclic) bond motifs is 1. The van der Waals surface area contributed by atoms with Crippen LogP contribution in [0, 0.1) is 12.7 Å². The summed E-state index contributed by atoms with van der Waals surface area (Å²) < 4.78 is 30.3. The van der Waals surface area contributed by atoms with E-state index in [4.69, 9.17) is 25.8 Å². The third-order valence-corrected chi connectivity index (χ3v) is 4.54. The van der Waals surface area contributed by atoms with E-state index in [1.54, 1.807) is 12.3 Å². The van der Waals surface area contributed by atoms with Crippen molar-refractivity contribution >= 4 is 28.5 Å². The lowest BCUT2D eigenvalue weighted by molar-refractivity contribution is 0.0332. The van der Waals surface area contributed by atoms with Crippen LogP contribution in [0.5, 0.6) is 5.75 Å². The van der Waals surface area contributed by atoms with Crippen LogP contribution < -0.4 is 4.74 Å². The number of hydrogen-bond acceptors (Lipinski definition) is 5. The molecule has 148 valence electrons. The third kappa shape index (κ3) is 3.81. The fourth-order valence-electron chi connectivity index (χ4n) is 2.93. The smallest absolute Gasteiger partial charge is 0.357 e. The molecule has 0 aliphatic heterocycles. The Morgan fingerprint density at radius 2 is 2.11 bits per heavy atom. The number of nitrogens with one attached hydrogen (secondary N) is 1. The zero-order valence-corrected chi connectivity index (χ0v) is 16.5. The second-order valence-corrected chi connectivity index (χ2v) is 6.43. The van der Waals surface area contributed by atoms with Gasteiger partial charge in [-0.2, -0.15) is 0 Å². The number of hydrogen-bond donors (Lipinski definition) is 1. The first-order chi connectivity index (χ1) is 13.5. The average Bonchev–Trinajstić information content (AvgIpc) is 3.06. The summed E-state index contributed by atoms with van der Waals surface area (Å²) in [4.78, 5) is 20.1. The number of carbonyl (C=O) groups is 1. The number of esters is 1. The summed E-state index contributed by atoms with van der Waals surface area (Å²) in [6.45, 7) is 4.63. The Morgan fingerprint density at radius 1 is 1.32 bits per heavy atom. The van der Waals surface area contributed by atoms with Crippen LogP contribution in [0.15, 0.2) is 24.4 Å². The van der Waals surface area contributed by atoms with E-state index < -0.39 is 11.8 Å². The fraction of sp³-hybridized carbons (Fsp3) is 0.300. The van der Waals surface area contributed by atoms with Gasteiger partial charge in [-0.05, 0) is 37.6 Å². The second kappa shape index (κ2) is 8.58. The maximum atomic E-state index is 14.9. The van der Waals surface area contributed by atoms with Crippen LogP contribution in [0.1, 0.15) is 23.0 Å². The first kappa shape index (κ1) is 20.1. The van der Waals surface area contributed by atoms with Crippen molar-refractivity contribution in [3.05, 3.63) is 46.5 Å². The summed E-state index contributed by atoms with van der Waals surface area (Å²) in [6.07, 6.45) is 1.76. The Hall–Kier alpha value is -2.64.